The maximum atomic E-state index is 13.2. The van der Waals surface area contributed by atoms with Crippen LogP contribution in [0.5, 0.6) is 0 Å². The Bertz CT molecular complexity index is 533. The molecule has 0 aliphatic rings. The van der Waals surface area contributed by atoms with Crippen LogP contribution < -0.4 is 11.3 Å². The van der Waals surface area contributed by atoms with E-state index in [1.165, 1.54) is 12.1 Å². The highest BCUT2D eigenvalue weighted by Crippen LogP contribution is 2.18. The molecule has 0 bridgehead atoms. The van der Waals surface area contributed by atoms with Gasteiger partial charge in [0.2, 0.25) is 0 Å². The van der Waals surface area contributed by atoms with E-state index in [1.54, 1.807) is 6.20 Å². The highest BCUT2D eigenvalue weighted by molar-refractivity contribution is 5.20. The van der Waals surface area contributed by atoms with Crippen LogP contribution in [0.4, 0.5) is 8.78 Å². The maximum absolute atomic E-state index is 13.2. The summed E-state index contributed by atoms with van der Waals surface area (Å²) in [6.07, 6.45) is 3.88. The van der Waals surface area contributed by atoms with Gasteiger partial charge in [-0.1, -0.05) is 0 Å². The van der Waals surface area contributed by atoms with E-state index < -0.39 is 11.6 Å². The molecular weight excluding hydrogens is 250 g/mol. The van der Waals surface area contributed by atoms with Crippen LogP contribution in [0.3, 0.4) is 0 Å². The quantitative estimate of drug-likeness (QED) is 0.642. The molecule has 0 radical (unpaired) electrons. The Kier molecular flexibility index (Phi) is 4.24. The lowest BCUT2D eigenvalue weighted by Gasteiger charge is -2.17. The van der Waals surface area contributed by atoms with Gasteiger partial charge in [0, 0.05) is 25.0 Å². The van der Waals surface area contributed by atoms with Crippen LogP contribution >= 0.6 is 0 Å². The van der Waals surface area contributed by atoms with Gasteiger partial charge in [0.05, 0.1) is 6.04 Å². The lowest BCUT2D eigenvalue weighted by molar-refractivity contribution is 0.492. The van der Waals surface area contributed by atoms with E-state index >= 15 is 0 Å². The van der Waals surface area contributed by atoms with Gasteiger partial charge in [0.15, 0.2) is 0 Å². The number of hydrogen-bond donors (Lipinski definition) is 2. The van der Waals surface area contributed by atoms with Crippen molar-refractivity contribution < 1.29 is 8.78 Å². The molecule has 2 aromatic rings. The van der Waals surface area contributed by atoms with Crippen LogP contribution in [0.15, 0.2) is 30.6 Å². The zero-order chi connectivity index (χ0) is 13.8. The van der Waals surface area contributed by atoms with Crippen molar-refractivity contribution in [1.82, 2.24) is 15.0 Å². The Labute approximate surface area is 110 Å². The SMILES string of the molecule is CCn1ccnc1C(Cc1cc(F)cc(F)c1)NN. The number of nitrogens with one attached hydrogen (secondary N) is 1. The Morgan fingerprint density at radius 1 is 1.32 bits per heavy atom. The number of hydrogen-bond acceptors (Lipinski definition) is 3. The Morgan fingerprint density at radius 3 is 2.58 bits per heavy atom. The molecule has 2 rings (SSSR count). The van der Waals surface area contributed by atoms with Crippen molar-refractivity contribution >= 4 is 0 Å². The molecule has 0 saturated heterocycles. The summed E-state index contributed by atoms with van der Waals surface area (Å²) >= 11 is 0. The van der Waals surface area contributed by atoms with Crippen molar-refractivity contribution in [2.45, 2.75) is 25.9 Å². The highest BCUT2D eigenvalue weighted by atomic mass is 19.1. The first-order valence-electron chi connectivity index (χ1n) is 6.06. The molecule has 1 atom stereocenters. The van der Waals surface area contributed by atoms with Gasteiger partial charge < -0.3 is 4.57 Å². The summed E-state index contributed by atoms with van der Waals surface area (Å²) in [7, 11) is 0. The molecular formula is C13H16F2N4. The van der Waals surface area contributed by atoms with Gasteiger partial charge in [0.25, 0.3) is 0 Å². The van der Waals surface area contributed by atoms with Crippen LogP contribution in [0.25, 0.3) is 0 Å². The van der Waals surface area contributed by atoms with Gasteiger partial charge in [-0.3, -0.25) is 5.84 Å². The predicted molar refractivity (Wildman–Crippen MR) is 68.0 cm³/mol. The van der Waals surface area contributed by atoms with Gasteiger partial charge in [0.1, 0.15) is 17.5 Å². The standard InChI is InChI=1S/C13H16F2N4/c1-2-19-4-3-17-13(19)12(18-16)7-9-5-10(14)8-11(15)6-9/h3-6,8,12,18H,2,7,16H2,1H3. The van der Waals surface area contributed by atoms with E-state index in [1.807, 2.05) is 17.7 Å². The van der Waals surface area contributed by atoms with Gasteiger partial charge in [-0.25, -0.2) is 19.2 Å². The molecule has 1 heterocycles. The molecule has 4 nitrogen and oxygen atoms in total. The third-order valence-corrected chi connectivity index (χ3v) is 2.96. The van der Waals surface area contributed by atoms with Crippen LogP contribution in [0.2, 0.25) is 0 Å². The maximum Gasteiger partial charge on any atom is 0.127 e. The molecule has 6 heteroatoms. The molecule has 1 unspecified atom stereocenters. The molecule has 0 aliphatic carbocycles. The third kappa shape index (κ3) is 3.15. The highest BCUT2D eigenvalue weighted by Gasteiger charge is 2.16. The third-order valence-electron chi connectivity index (χ3n) is 2.96. The summed E-state index contributed by atoms with van der Waals surface area (Å²) in [5.74, 6) is 5.08. The van der Waals surface area contributed by atoms with Crippen molar-refractivity contribution in [2.24, 2.45) is 5.84 Å². The van der Waals surface area contributed by atoms with Crippen molar-refractivity contribution in [1.29, 1.82) is 0 Å². The fourth-order valence-corrected chi connectivity index (χ4v) is 2.09. The van der Waals surface area contributed by atoms with Crippen molar-refractivity contribution in [3.8, 4) is 0 Å². The monoisotopic (exact) mass is 266 g/mol. The molecule has 1 aromatic heterocycles. The fourth-order valence-electron chi connectivity index (χ4n) is 2.09. The van der Waals surface area contributed by atoms with E-state index in [2.05, 4.69) is 10.4 Å². The van der Waals surface area contributed by atoms with Crippen molar-refractivity contribution in [3.63, 3.8) is 0 Å². The number of rotatable bonds is 5. The molecule has 0 spiro atoms. The second-order valence-corrected chi connectivity index (χ2v) is 4.27. The normalized spacial score (nSPS) is 12.6. The van der Waals surface area contributed by atoms with E-state index in [0.717, 1.165) is 18.4 Å². The summed E-state index contributed by atoms with van der Waals surface area (Å²) in [6.45, 7) is 2.74. The number of halogens is 2. The molecule has 0 aliphatic heterocycles. The minimum atomic E-state index is -0.593. The van der Waals surface area contributed by atoms with Gasteiger partial charge in [-0.2, -0.15) is 0 Å². The first-order valence-corrected chi connectivity index (χ1v) is 6.06. The second kappa shape index (κ2) is 5.90. The van der Waals surface area contributed by atoms with Crippen LogP contribution in [0, 0.1) is 11.6 Å². The number of nitrogens with two attached hydrogens (primary N) is 1. The summed E-state index contributed by atoms with van der Waals surface area (Å²) < 4.78 is 28.2. The number of aryl methyl sites for hydroxylation is 1. The van der Waals surface area contributed by atoms with E-state index in [4.69, 9.17) is 5.84 Å². The average molecular weight is 266 g/mol. The number of aromatic nitrogens is 2. The summed E-state index contributed by atoms with van der Waals surface area (Å²) in [5.41, 5.74) is 3.17. The molecule has 102 valence electrons. The van der Waals surface area contributed by atoms with Crippen molar-refractivity contribution in [2.75, 3.05) is 0 Å². The topological polar surface area (TPSA) is 55.9 Å². The minimum absolute atomic E-state index is 0.295. The van der Waals surface area contributed by atoms with E-state index in [-0.39, 0.29) is 6.04 Å². The lowest BCUT2D eigenvalue weighted by Crippen LogP contribution is -2.31. The molecule has 19 heavy (non-hydrogen) atoms. The van der Waals surface area contributed by atoms with Crippen LogP contribution in [0.1, 0.15) is 24.4 Å². The summed E-state index contributed by atoms with van der Waals surface area (Å²) in [5, 5.41) is 0. The van der Waals surface area contributed by atoms with Crippen molar-refractivity contribution in [3.05, 3.63) is 53.6 Å². The summed E-state index contributed by atoms with van der Waals surface area (Å²) in [4.78, 5) is 4.23. The Balaban J connectivity index is 2.24. The smallest absolute Gasteiger partial charge is 0.127 e. The zero-order valence-corrected chi connectivity index (χ0v) is 10.6. The molecule has 3 N–H and O–H groups in total. The van der Waals surface area contributed by atoms with Crippen LogP contribution in [-0.4, -0.2) is 9.55 Å². The zero-order valence-electron chi connectivity index (χ0n) is 10.6. The number of nitrogens with zero attached hydrogens (tertiary/aromatic N) is 2. The second-order valence-electron chi connectivity index (χ2n) is 4.27. The van der Waals surface area contributed by atoms with Gasteiger partial charge in [-0.15, -0.1) is 0 Å². The molecule has 0 saturated carbocycles. The first kappa shape index (κ1) is 13.6. The Morgan fingerprint density at radius 2 is 2.00 bits per heavy atom. The molecule has 0 amide bonds. The number of imidazole rings is 1. The van der Waals surface area contributed by atoms with Crippen LogP contribution in [-0.2, 0) is 13.0 Å². The summed E-state index contributed by atoms with van der Waals surface area (Å²) in [6, 6.07) is 3.15. The first-order chi connectivity index (χ1) is 9.13. The fraction of sp³-hybridized carbons (Fsp3) is 0.308. The lowest BCUT2D eigenvalue weighted by atomic mass is 10.1. The average Bonchev–Trinajstić information content (AvgIpc) is 2.82. The number of hydrazine groups is 1. The largest absolute Gasteiger partial charge is 0.334 e. The number of benzene rings is 1. The molecule has 0 fully saturated rings. The van der Waals surface area contributed by atoms with Gasteiger partial charge in [-0.05, 0) is 31.0 Å². The minimum Gasteiger partial charge on any atom is -0.334 e. The molecule has 1 aromatic carbocycles. The predicted octanol–water partition coefficient (Wildman–Crippen LogP) is 1.93. The van der Waals surface area contributed by atoms with Gasteiger partial charge >= 0.3 is 0 Å². The van der Waals surface area contributed by atoms with E-state index in [9.17, 15) is 8.78 Å². The van der Waals surface area contributed by atoms with E-state index in [0.29, 0.717) is 12.0 Å². The Hall–Kier alpha value is -1.79.